The van der Waals surface area contributed by atoms with Crippen LogP contribution in [0.3, 0.4) is 0 Å². The quantitative estimate of drug-likeness (QED) is 0.604. The van der Waals surface area contributed by atoms with E-state index in [0.717, 1.165) is 0 Å². The smallest absolute Gasteiger partial charge is 0.311 e. The van der Waals surface area contributed by atoms with Crippen molar-refractivity contribution in [1.82, 2.24) is 0 Å². The van der Waals surface area contributed by atoms with E-state index >= 15 is 0 Å². The van der Waals surface area contributed by atoms with E-state index in [9.17, 15) is 9.36 Å². The molecule has 1 atom stereocenters. The van der Waals surface area contributed by atoms with Crippen LogP contribution in [0.4, 0.5) is 0 Å². The number of carbonyl (C=O) groups is 1. The third-order valence-corrected chi connectivity index (χ3v) is 4.65. The lowest BCUT2D eigenvalue weighted by atomic mass is 10.2. The maximum absolute atomic E-state index is 12.1. The van der Waals surface area contributed by atoms with E-state index in [0.29, 0.717) is 16.9 Å². The van der Waals surface area contributed by atoms with Crippen molar-refractivity contribution in [2.24, 2.45) is 0 Å². The summed E-state index contributed by atoms with van der Waals surface area (Å²) in [5, 5.41) is 0.355. The zero-order valence-corrected chi connectivity index (χ0v) is 10.6. The van der Waals surface area contributed by atoms with Gasteiger partial charge in [-0.25, -0.2) is 0 Å². The molecule has 0 heterocycles. The Balaban J connectivity index is 3.23. The van der Waals surface area contributed by atoms with Gasteiger partial charge in [-0.05, 0) is 11.6 Å². The molecule has 0 saturated carbocycles. The normalized spacial score (nSPS) is 13.4. The maximum Gasteiger partial charge on any atom is 0.344 e. The number of aldehydes is 1. The molecule has 1 aromatic carbocycles. The van der Waals surface area contributed by atoms with E-state index in [1.165, 1.54) is 14.2 Å². The molecule has 0 aliphatic heterocycles. The number of hydrogen-bond donors (Lipinski definition) is 0. The Kier molecular flexibility index (Phi) is 4.69. The van der Waals surface area contributed by atoms with Crippen LogP contribution in [0, 0.1) is 0 Å². The van der Waals surface area contributed by atoms with Crippen LogP contribution in [-0.2, 0) is 18.4 Å². The van der Waals surface area contributed by atoms with E-state index < -0.39 is 13.3 Å². The first kappa shape index (κ1) is 13.4. The van der Waals surface area contributed by atoms with Gasteiger partial charge >= 0.3 is 7.60 Å². The summed E-state index contributed by atoms with van der Waals surface area (Å²) in [5.74, 6) is 0. The van der Waals surface area contributed by atoms with Crippen molar-refractivity contribution >= 4 is 25.5 Å². The van der Waals surface area contributed by atoms with Gasteiger partial charge in [-0.15, -0.1) is 0 Å². The lowest BCUT2D eigenvalue weighted by Gasteiger charge is -2.20. The first-order chi connectivity index (χ1) is 7.59. The van der Waals surface area contributed by atoms with Crippen molar-refractivity contribution in [2.45, 2.75) is 5.66 Å². The monoisotopic (exact) mass is 262 g/mol. The Labute approximate surface area is 99.0 Å². The summed E-state index contributed by atoms with van der Waals surface area (Å²) in [7, 11) is -1.03. The molecule has 6 heteroatoms. The first-order valence-corrected chi connectivity index (χ1v) is 6.49. The third kappa shape index (κ3) is 2.53. The largest absolute Gasteiger partial charge is 0.344 e. The molecule has 16 heavy (non-hydrogen) atoms. The highest BCUT2D eigenvalue weighted by atomic mass is 35.5. The molecule has 0 amide bonds. The highest BCUT2D eigenvalue weighted by molar-refractivity contribution is 7.55. The highest BCUT2D eigenvalue weighted by Gasteiger charge is 2.36. The lowest BCUT2D eigenvalue weighted by molar-refractivity contribution is -0.107. The number of carbonyl (C=O) groups excluding carboxylic acids is 1. The van der Waals surface area contributed by atoms with Crippen molar-refractivity contribution < 1.29 is 18.4 Å². The van der Waals surface area contributed by atoms with Gasteiger partial charge in [0, 0.05) is 19.2 Å². The van der Waals surface area contributed by atoms with Crippen molar-refractivity contribution in [2.75, 3.05) is 14.2 Å². The van der Waals surface area contributed by atoms with Crippen molar-refractivity contribution in [3.63, 3.8) is 0 Å². The molecule has 0 saturated heterocycles. The molecule has 1 rings (SSSR count). The van der Waals surface area contributed by atoms with Gasteiger partial charge in [-0.2, -0.15) is 0 Å². The standard InChI is InChI=1S/C10H12ClO4P/c1-14-16(13,15-2)10(7-12)8-5-3-4-6-9(8)11/h3-7,10H,1-2H3. The fourth-order valence-electron chi connectivity index (χ4n) is 1.33. The minimum Gasteiger partial charge on any atom is -0.311 e. The Morgan fingerprint density at radius 3 is 2.31 bits per heavy atom. The van der Waals surface area contributed by atoms with E-state index in [4.69, 9.17) is 20.6 Å². The molecule has 1 unspecified atom stereocenters. The average molecular weight is 263 g/mol. The molecule has 0 fully saturated rings. The van der Waals surface area contributed by atoms with Gasteiger partial charge in [-0.1, -0.05) is 29.8 Å². The van der Waals surface area contributed by atoms with Gasteiger partial charge in [-0.3, -0.25) is 4.57 Å². The van der Waals surface area contributed by atoms with Gasteiger partial charge in [0.2, 0.25) is 0 Å². The summed E-state index contributed by atoms with van der Waals surface area (Å²) < 4.78 is 21.7. The Bertz CT molecular complexity index is 413. The van der Waals surface area contributed by atoms with Gasteiger partial charge in [0.1, 0.15) is 11.9 Å². The van der Waals surface area contributed by atoms with Crippen LogP contribution in [0.1, 0.15) is 11.2 Å². The molecule has 0 spiro atoms. The summed E-state index contributed by atoms with van der Waals surface area (Å²) in [6.45, 7) is 0. The fourth-order valence-corrected chi connectivity index (χ4v) is 2.98. The second-order valence-corrected chi connectivity index (χ2v) is 5.78. The van der Waals surface area contributed by atoms with Crippen molar-refractivity contribution in [3.05, 3.63) is 34.9 Å². The summed E-state index contributed by atoms with van der Waals surface area (Å²) in [6.07, 6.45) is 0.523. The van der Waals surface area contributed by atoms with Crippen LogP contribution in [0.5, 0.6) is 0 Å². The van der Waals surface area contributed by atoms with Crippen LogP contribution in [-0.4, -0.2) is 20.5 Å². The van der Waals surface area contributed by atoms with Crippen LogP contribution in [0.2, 0.25) is 5.02 Å². The predicted octanol–water partition coefficient (Wildman–Crippen LogP) is 3.07. The summed E-state index contributed by atoms with van der Waals surface area (Å²) >= 11 is 5.93. The topological polar surface area (TPSA) is 52.6 Å². The molecular weight excluding hydrogens is 251 g/mol. The van der Waals surface area contributed by atoms with Crippen molar-refractivity contribution in [3.8, 4) is 0 Å². The second-order valence-electron chi connectivity index (χ2n) is 3.01. The Hall–Kier alpha value is -0.670. The fraction of sp³-hybridized carbons (Fsp3) is 0.300. The van der Waals surface area contributed by atoms with Crippen molar-refractivity contribution in [1.29, 1.82) is 0 Å². The molecule has 0 radical (unpaired) electrons. The van der Waals surface area contributed by atoms with E-state index in [1.54, 1.807) is 24.3 Å². The summed E-state index contributed by atoms with van der Waals surface area (Å²) in [5.41, 5.74) is -0.567. The number of halogens is 1. The molecule has 0 aromatic heterocycles. The Morgan fingerprint density at radius 1 is 1.31 bits per heavy atom. The van der Waals surface area contributed by atoms with Gasteiger partial charge < -0.3 is 13.8 Å². The number of benzene rings is 1. The summed E-state index contributed by atoms with van der Waals surface area (Å²) in [6, 6.07) is 6.65. The molecule has 4 nitrogen and oxygen atoms in total. The molecule has 1 aromatic rings. The molecule has 0 N–H and O–H groups in total. The zero-order valence-electron chi connectivity index (χ0n) is 8.92. The van der Waals surface area contributed by atoms with Gasteiger partial charge in [0.15, 0.2) is 0 Å². The lowest BCUT2D eigenvalue weighted by Crippen LogP contribution is -2.05. The molecule has 0 aliphatic carbocycles. The van der Waals surface area contributed by atoms with Crippen LogP contribution in [0.25, 0.3) is 0 Å². The molecule has 0 bridgehead atoms. The predicted molar refractivity (Wildman–Crippen MR) is 61.9 cm³/mol. The van der Waals surface area contributed by atoms with Gasteiger partial charge in [0.05, 0.1) is 0 Å². The zero-order chi connectivity index (χ0) is 12.2. The number of rotatable bonds is 5. The van der Waals surface area contributed by atoms with Gasteiger partial charge in [0.25, 0.3) is 0 Å². The first-order valence-electron chi connectivity index (χ1n) is 4.50. The molecule has 0 aliphatic rings. The SMILES string of the molecule is COP(=O)(OC)C(C=O)c1ccccc1Cl. The molecule has 88 valence electrons. The van der Waals surface area contributed by atoms with E-state index in [-0.39, 0.29) is 0 Å². The van der Waals surface area contributed by atoms with E-state index in [2.05, 4.69) is 0 Å². The van der Waals surface area contributed by atoms with Crippen LogP contribution >= 0.6 is 19.2 Å². The third-order valence-electron chi connectivity index (χ3n) is 2.20. The highest BCUT2D eigenvalue weighted by Crippen LogP contribution is 2.59. The van der Waals surface area contributed by atoms with E-state index in [1.807, 2.05) is 0 Å². The minimum absolute atomic E-state index is 0.355. The van der Waals surface area contributed by atoms with Crippen LogP contribution in [0.15, 0.2) is 24.3 Å². The maximum atomic E-state index is 12.1. The molecular formula is C10H12ClO4P. The minimum atomic E-state index is -3.49. The summed E-state index contributed by atoms with van der Waals surface area (Å²) in [4.78, 5) is 11.0. The average Bonchev–Trinajstić information content (AvgIpc) is 2.32. The van der Waals surface area contributed by atoms with Crippen LogP contribution < -0.4 is 0 Å². The number of hydrogen-bond acceptors (Lipinski definition) is 4. The second kappa shape index (κ2) is 5.60. The Morgan fingerprint density at radius 2 is 1.88 bits per heavy atom.